The third-order valence-electron chi connectivity index (χ3n) is 6.74. The summed E-state index contributed by atoms with van der Waals surface area (Å²) in [4.78, 5) is 23.6. The van der Waals surface area contributed by atoms with Crippen LogP contribution in [0.1, 0.15) is 60.9 Å². The van der Waals surface area contributed by atoms with Crippen molar-refractivity contribution in [1.82, 2.24) is 5.32 Å². The highest BCUT2D eigenvalue weighted by molar-refractivity contribution is 9.10. The first kappa shape index (κ1) is 26.6. The number of carbonyl (C=O) groups excluding carboxylic acids is 2. The van der Waals surface area contributed by atoms with E-state index in [1.54, 1.807) is 6.08 Å². The van der Waals surface area contributed by atoms with Crippen LogP contribution >= 0.6 is 27.7 Å². The van der Waals surface area contributed by atoms with Gasteiger partial charge in [0.05, 0.1) is 16.0 Å². The summed E-state index contributed by atoms with van der Waals surface area (Å²) in [6.07, 6.45) is 5.58. The minimum Gasteiger partial charge on any atom is -0.493 e. The Morgan fingerprint density at radius 1 is 1.17 bits per heavy atom. The largest absolute Gasteiger partial charge is 0.493 e. The molecule has 0 radical (unpaired) electrons. The van der Waals surface area contributed by atoms with Crippen LogP contribution in [0.25, 0.3) is 6.08 Å². The van der Waals surface area contributed by atoms with Gasteiger partial charge in [0.25, 0.3) is 11.1 Å². The topological polar surface area (TPSA) is 73.9 Å². The van der Waals surface area contributed by atoms with Gasteiger partial charge in [-0.15, -0.1) is 0 Å². The Labute approximate surface area is 225 Å². The van der Waals surface area contributed by atoms with E-state index in [4.69, 9.17) is 14.2 Å². The van der Waals surface area contributed by atoms with Crippen LogP contribution in [0.5, 0.6) is 17.2 Å². The molecule has 0 bridgehead atoms. The summed E-state index contributed by atoms with van der Waals surface area (Å²) in [7, 11) is 0. The zero-order valence-electron chi connectivity index (χ0n) is 21.4. The predicted molar refractivity (Wildman–Crippen MR) is 147 cm³/mol. The molecule has 1 fully saturated rings. The highest BCUT2D eigenvalue weighted by Crippen LogP contribution is 2.44. The second-order valence-electron chi connectivity index (χ2n) is 9.60. The molecule has 0 saturated carbocycles. The Morgan fingerprint density at radius 2 is 1.94 bits per heavy atom. The van der Waals surface area contributed by atoms with Gasteiger partial charge in [0.2, 0.25) is 0 Å². The maximum atomic E-state index is 11.8. The minimum atomic E-state index is -0.472. The Kier molecular flexibility index (Phi) is 8.05. The van der Waals surface area contributed by atoms with Gasteiger partial charge in [0.15, 0.2) is 0 Å². The van der Waals surface area contributed by atoms with Gasteiger partial charge in [0.1, 0.15) is 29.5 Å². The van der Waals surface area contributed by atoms with Gasteiger partial charge in [-0.1, -0.05) is 19.4 Å². The van der Waals surface area contributed by atoms with Gasteiger partial charge in [-0.3, -0.25) is 14.9 Å². The van der Waals surface area contributed by atoms with E-state index < -0.39 is 5.60 Å². The van der Waals surface area contributed by atoms with Crippen LogP contribution in [0.4, 0.5) is 4.79 Å². The second-order valence-corrected chi connectivity index (χ2v) is 11.5. The number of rotatable bonds is 8. The molecule has 2 heterocycles. The molecule has 1 unspecified atom stereocenters. The fourth-order valence-corrected chi connectivity index (χ4v) is 5.64. The van der Waals surface area contributed by atoms with E-state index >= 15 is 0 Å². The molecule has 6 nitrogen and oxygen atoms in total. The number of amides is 2. The molecule has 2 aromatic carbocycles. The summed E-state index contributed by atoms with van der Waals surface area (Å²) in [5.74, 6) is 2.27. The van der Waals surface area contributed by atoms with Crippen LogP contribution in [-0.4, -0.2) is 30.0 Å². The average molecular weight is 575 g/mol. The molecule has 0 spiro atoms. The van der Waals surface area contributed by atoms with Crippen molar-refractivity contribution >= 4 is 44.9 Å². The van der Waals surface area contributed by atoms with Crippen molar-refractivity contribution in [1.29, 1.82) is 0 Å². The maximum absolute atomic E-state index is 11.8. The molecule has 0 aliphatic carbocycles. The van der Waals surface area contributed by atoms with Crippen LogP contribution in [0.15, 0.2) is 27.6 Å². The zero-order valence-corrected chi connectivity index (χ0v) is 23.8. The van der Waals surface area contributed by atoms with Gasteiger partial charge in [-0.25, -0.2) is 0 Å². The van der Waals surface area contributed by atoms with Crippen LogP contribution in [0.2, 0.25) is 0 Å². The normalized spacial score (nSPS) is 20.2. The SMILES string of the molecule is CCCCOc1c(C)c(C)c2c(c1C)CCC(C)(COc1ccc(/C=C3\SC(=O)NC3=O)cc1Br)O2. The van der Waals surface area contributed by atoms with Gasteiger partial charge >= 0.3 is 0 Å². The molecule has 192 valence electrons. The first-order chi connectivity index (χ1) is 17.1. The molecule has 4 rings (SSSR count). The number of halogens is 1. The van der Waals surface area contributed by atoms with E-state index in [-0.39, 0.29) is 11.1 Å². The number of carbonyl (C=O) groups is 2. The number of imide groups is 1. The van der Waals surface area contributed by atoms with Crippen molar-refractivity contribution in [3.05, 3.63) is 55.4 Å². The third kappa shape index (κ3) is 5.59. The summed E-state index contributed by atoms with van der Waals surface area (Å²) in [5.41, 5.74) is 4.99. The molecule has 1 atom stereocenters. The van der Waals surface area contributed by atoms with E-state index in [0.717, 1.165) is 76.7 Å². The van der Waals surface area contributed by atoms with Crippen molar-refractivity contribution < 1.29 is 23.8 Å². The molecule has 2 aliphatic rings. The van der Waals surface area contributed by atoms with Gasteiger partial charge in [0, 0.05) is 5.56 Å². The Hall–Kier alpha value is -2.45. The first-order valence-electron chi connectivity index (χ1n) is 12.2. The number of unbranched alkanes of at least 4 members (excludes halogenated alkanes) is 1. The number of thioether (sulfide) groups is 1. The number of hydrogen-bond donors (Lipinski definition) is 1. The molecular weight excluding hydrogens is 542 g/mol. The maximum Gasteiger partial charge on any atom is 0.290 e. The summed E-state index contributed by atoms with van der Waals surface area (Å²) < 4.78 is 19.7. The molecule has 2 amide bonds. The molecule has 8 heteroatoms. The van der Waals surface area contributed by atoms with Gasteiger partial charge in [-0.05, 0) is 115 Å². The van der Waals surface area contributed by atoms with Crippen molar-refractivity contribution in [2.24, 2.45) is 0 Å². The van der Waals surface area contributed by atoms with Crippen LogP contribution in [0.3, 0.4) is 0 Å². The second kappa shape index (κ2) is 10.9. The van der Waals surface area contributed by atoms with E-state index in [1.807, 2.05) is 18.2 Å². The fourth-order valence-electron chi connectivity index (χ4n) is 4.45. The lowest BCUT2D eigenvalue weighted by Gasteiger charge is -2.38. The number of benzene rings is 2. The molecule has 2 aliphatic heterocycles. The Morgan fingerprint density at radius 3 is 2.61 bits per heavy atom. The van der Waals surface area contributed by atoms with E-state index in [0.29, 0.717) is 17.3 Å². The molecular formula is C28H32BrNO5S. The number of nitrogens with one attached hydrogen (secondary N) is 1. The molecule has 1 N–H and O–H groups in total. The number of hydrogen-bond acceptors (Lipinski definition) is 6. The van der Waals surface area contributed by atoms with Crippen LogP contribution in [-0.2, 0) is 11.2 Å². The first-order valence-corrected chi connectivity index (χ1v) is 13.8. The highest BCUT2D eigenvalue weighted by Gasteiger charge is 2.36. The van der Waals surface area contributed by atoms with Crippen molar-refractivity contribution in [3.63, 3.8) is 0 Å². The Balaban J connectivity index is 1.47. The quantitative estimate of drug-likeness (QED) is 0.269. The average Bonchev–Trinajstić information content (AvgIpc) is 3.15. The summed E-state index contributed by atoms with van der Waals surface area (Å²) >= 11 is 4.47. The Bertz CT molecular complexity index is 1240. The monoisotopic (exact) mass is 573 g/mol. The van der Waals surface area contributed by atoms with Crippen molar-refractivity contribution in [2.75, 3.05) is 13.2 Å². The lowest BCUT2D eigenvalue weighted by molar-refractivity contribution is -0.115. The smallest absolute Gasteiger partial charge is 0.290 e. The van der Waals surface area contributed by atoms with Crippen molar-refractivity contribution in [3.8, 4) is 17.2 Å². The number of fused-ring (bicyclic) bond motifs is 1. The molecule has 1 saturated heterocycles. The van der Waals surface area contributed by atoms with Crippen molar-refractivity contribution in [2.45, 2.75) is 65.9 Å². The van der Waals surface area contributed by atoms with Crippen LogP contribution in [0, 0.1) is 20.8 Å². The molecule has 0 aromatic heterocycles. The fraction of sp³-hybridized carbons (Fsp3) is 0.429. The third-order valence-corrected chi connectivity index (χ3v) is 8.17. The standard InChI is InChI=1S/C28H32BrNO5S/c1-6-7-12-33-24-16(2)17(3)25-20(18(24)4)10-11-28(5,35-25)15-34-22-9-8-19(13-21(22)29)14-23-26(31)30-27(32)36-23/h8-9,13-14H,6-7,10-12,15H2,1-5H3,(H,30,31,32)/b23-14-. The van der Waals surface area contributed by atoms with Crippen LogP contribution < -0.4 is 19.5 Å². The lowest BCUT2D eigenvalue weighted by Crippen LogP contribution is -2.42. The van der Waals surface area contributed by atoms with Gasteiger partial charge < -0.3 is 14.2 Å². The number of ether oxygens (including phenoxy) is 3. The van der Waals surface area contributed by atoms with Gasteiger partial charge in [-0.2, -0.15) is 0 Å². The predicted octanol–water partition coefficient (Wildman–Crippen LogP) is 7.04. The van der Waals surface area contributed by atoms with E-state index in [2.05, 4.69) is 55.9 Å². The van der Waals surface area contributed by atoms with E-state index in [9.17, 15) is 9.59 Å². The molecule has 36 heavy (non-hydrogen) atoms. The molecule has 2 aromatic rings. The lowest BCUT2D eigenvalue weighted by atomic mass is 9.87. The summed E-state index contributed by atoms with van der Waals surface area (Å²) in [5, 5.41) is 1.91. The zero-order chi connectivity index (χ0) is 26.0. The minimum absolute atomic E-state index is 0.353. The summed E-state index contributed by atoms with van der Waals surface area (Å²) in [6, 6.07) is 5.59. The van der Waals surface area contributed by atoms with E-state index in [1.165, 1.54) is 11.1 Å². The summed E-state index contributed by atoms with van der Waals surface area (Å²) in [6.45, 7) is 11.7. The highest BCUT2D eigenvalue weighted by atomic mass is 79.9.